The van der Waals surface area contributed by atoms with Gasteiger partial charge >= 0.3 is 12.3 Å². The van der Waals surface area contributed by atoms with Crippen LogP contribution in [0.4, 0.5) is 35.2 Å². The van der Waals surface area contributed by atoms with Crippen molar-refractivity contribution in [3.05, 3.63) is 90.0 Å². The number of pyridine rings is 1. The van der Waals surface area contributed by atoms with Crippen LogP contribution in [0.2, 0.25) is 0 Å². The Morgan fingerprint density at radius 2 is 1.83 bits per heavy atom. The number of carbonyl (C=O) groups excluding carboxylic acids is 1. The van der Waals surface area contributed by atoms with Crippen LogP contribution >= 0.6 is 0 Å². The summed E-state index contributed by atoms with van der Waals surface area (Å²) < 4.78 is 47.8. The third kappa shape index (κ3) is 7.13. The lowest BCUT2D eigenvalue weighted by molar-refractivity contribution is -0.137. The van der Waals surface area contributed by atoms with E-state index in [-0.39, 0.29) is 23.6 Å². The summed E-state index contributed by atoms with van der Waals surface area (Å²) in [7, 11) is 0. The summed E-state index contributed by atoms with van der Waals surface area (Å²) >= 11 is 0. The first kappa shape index (κ1) is 33.2. The average molecular weight is 649 g/mol. The molecule has 5 rings (SSSR count). The van der Waals surface area contributed by atoms with Crippen molar-refractivity contribution < 1.29 is 32.6 Å². The number of carbonyl (C=O) groups is 2. The van der Waals surface area contributed by atoms with Crippen molar-refractivity contribution in [3.63, 3.8) is 0 Å². The molecule has 246 valence electrons. The van der Waals surface area contributed by atoms with Gasteiger partial charge in [-0.1, -0.05) is 26.8 Å². The third-order valence-electron chi connectivity index (χ3n) is 8.50. The molecule has 0 aliphatic carbocycles. The first-order valence-corrected chi connectivity index (χ1v) is 14.9. The fourth-order valence-corrected chi connectivity index (χ4v) is 5.82. The molecule has 0 saturated carbocycles. The largest absolute Gasteiger partial charge is 0.491 e. The molecule has 1 aliphatic heterocycles. The second kappa shape index (κ2) is 12.9. The number of rotatable bonds is 8. The molecule has 0 radical (unpaired) electrons. The van der Waals surface area contributed by atoms with Gasteiger partial charge in [-0.15, -0.1) is 0 Å². The quantitative estimate of drug-likeness (QED) is 0.177. The number of hydrogen-bond acceptors (Lipinski definition) is 7. The van der Waals surface area contributed by atoms with Gasteiger partial charge in [0, 0.05) is 47.5 Å². The van der Waals surface area contributed by atoms with E-state index in [9.17, 15) is 27.9 Å². The molecular weight excluding hydrogens is 613 g/mol. The van der Waals surface area contributed by atoms with Gasteiger partial charge in [-0.05, 0) is 73.2 Å². The molecule has 2 amide bonds. The Bertz CT molecular complexity index is 1780. The first-order chi connectivity index (χ1) is 22.2. The van der Waals surface area contributed by atoms with Gasteiger partial charge in [-0.3, -0.25) is 9.69 Å². The van der Waals surface area contributed by atoms with Crippen LogP contribution in [0, 0.1) is 12.3 Å². The van der Waals surface area contributed by atoms with Crippen LogP contribution in [0.3, 0.4) is 0 Å². The van der Waals surface area contributed by atoms with E-state index in [1.54, 1.807) is 42.7 Å². The summed E-state index contributed by atoms with van der Waals surface area (Å²) in [5, 5.41) is 15.7. The van der Waals surface area contributed by atoms with Gasteiger partial charge in [0.05, 0.1) is 16.8 Å². The number of ether oxygens (including phenoxy) is 1. The fraction of sp³-hybridized carbons (Fsp3) is 0.324. The van der Waals surface area contributed by atoms with Crippen molar-refractivity contribution >= 4 is 29.2 Å². The Morgan fingerprint density at radius 1 is 1.04 bits per heavy atom. The van der Waals surface area contributed by atoms with Crippen LogP contribution in [0.5, 0.6) is 5.75 Å². The molecule has 47 heavy (non-hydrogen) atoms. The van der Waals surface area contributed by atoms with Gasteiger partial charge in [-0.2, -0.15) is 13.2 Å². The Kier molecular flexibility index (Phi) is 9.10. The van der Waals surface area contributed by atoms with Crippen molar-refractivity contribution in [1.82, 2.24) is 19.9 Å². The molecule has 13 heteroatoms. The van der Waals surface area contributed by atoms with E-state index < -0.39 is 34.7 Å². The van der Waals surface area contributed by atoms with E-state index in [2.05, 4.69) is 25.6 Å². The van der Waals surface area contributed by atoms with Crippen molar-refractivity contribution in [1.29, 1.82) is 0 Å². The second-order valence-corrected chi connectivity index (χ2v) is 12.5. The molecule has 10 nitrogen and oxygen atoms in total. The molecule has 2 aromatic carbocycles. The molecule has 1 aliphatic rings. The summed E-state index contributed by atoms with van der Waals surface area (Å²) in [6, 6.07) is 13.2. The monoisotopic (exact) mass is 648 g/mol. The van der Waals surface area contributed by atoms with Crippen molar-refractivity contribution in [2.75, 3.05) is 23.8 Å². The van der Waals surface area contributed by atoms with Crippen LogP contribution in [0.25, 0.3) is 11.3 Å². The normalized spacial score (nSPS) is 16.5. The minimum absolute atomic E-state index is 0.128. The number of halogens is 3. The minimum Gasteiger partial charge on any atom is -0.491 e. The van der Waals surface area contributed by atoms with Gasteiger partial charge in [0.15, 0.2) is 0 Å². The Morgan fingerprint density at radius 3 is 2.51 bits per heavy atom. The number of alkyl halides is 3. The van der Waals surface area contributed by atoms with E-state index in [4.69, 9.17) is 4.74 Å². The highest BCUT2D eigenvalue weighted by Crippen LogP contribution is 2.44. The van der Waals surface area contributed by atoms with Gasteiger partial charge in [0.2, 0.25) is 0 Å². The lowest BCUT2D eigenvalue weighted by atomic mass is 9.72. The number of anilines is 3. The molecule has 1 atom stereocenters. The summed E-state index contributed by atoms with van der Waals surface area (Å²) in [6.45, 7) is 7.62. The molecule has 3 heterocycles. The molecule has 2 aromatic heterocycles. The standard InChI is InChI=1S/C34H35F3N6O4/c1-21-8-9-22(15-28(21)42-29-26(7-5-12-39-29)27-10-13-38-20-40-27)30(44)41-24-16-23(34(35,36)37)17-25(18-24)47-19-33(32(2,3)4)11-6-14-43(33)31(45)46/h5,7-10,12-13,15-18,20H,6,11,14,19H2,1-4H3,(H,39,42)(H,41,44)(H,45,46)/t33-/m1/s1. The highest BCUT2D eigenvalue weighted by molar-refractivity contribution is 6.05. The zero-order chi connectivity index (χ0) is 34.0. The SMILES string of the molecule is Cc1ccc(C(=O)Nc2cc(OC[C@@]3(C(C)(C)C)CCCN3C(=O)O)cc(C(F)(F)F)c2)cc1Nc1ncccc1-c1ccncn1. The van der Waals surface area contributed by atoms with E-state index in [0.717, 1.165) is 17.7 Å². The van der Waals surface area contributed by atoms with Crippen molar-refractivity contribution in [2.45, 2.75) is 52.3 Å². The van der Waals surface area contributed by atoms with E-state index in [0.29, 0.717) is 42.1 Å². The third-order valence-corrected chi connectivity index (χ3v) is 8.50. The maximum atomic E-state index is 14.0. The van der Waals surface area contributed by atoms with E-state index >= 15 is 0 Å². The summed E-state index contributed by atoms with van der Waals surface area (Å²) in [5.41, 5.74) is 0.224. The highest BCUT2D eigenvalue weighted by Gasteiger charge is 2.52. The number of aromatic nitrogens is 3. The zero-order valence-corrected chi connectivity index (χ0v) is 26.4. The molecule has 3 N–H and O–H groups in total. The summed E-state index contributed by atoms with van der Waals surface area (Å²) in [4.78, 5) is 39.4. The number of nitrogens with one attached hydrogen (secondary N) is 2. The molecule has 1 saturated heterocycles. The topological polar surface area (TPSA) is 130 Å². The Labute approximate surface area is 270 Å². The summed E-state index contributed by atoms with van der Waals surface area (Å²) in [6.07, 6.45) is -0.0944. The van der Waals surface area contributed by atoms with Gasteiger partial charge in [0.1, 0.15) is 24.5 Å². The number of likely N-dealkylation sites (tertiary alicyclic amines) is 1. The second-order valence-electron chi connectivity index (χ2n) is 12.5. The number of hydrogen-bond donors (Lipinski definition) is 3. The predicted octanol–water partition coefficient (Wildman–Crippen LogP) is 7.80. The van der Waals surface area contributed by atoms with Crippen LogP contribution in [-0.4, -0.2) is 55.6 Å². The highest BCUT2D eigenvalue weighted by atomic mass is 19.4. The van der Waals surface area contributed by atoms with Crippen LogP contribution in [0.1, 0.15) is 55.1 Å². The van der Waals surface area contributed by atoms with Crippen LogP contribution in [-0.2, 0) is 6.18 Å². The smallest absolute Gasteiger partial charge is 0.416 e. The van der Waals surface area contributed by atoms with Crippen molar-refractivity contribution in [2.24, 2.45) is 5.41 Å². The molecule has 1 fully saturated rings. The molecule has 0 spiro atoms. The van der Waals surface area contributed by atoms with Crippen LogP contribution < -0.4 is 15.4 Å². The van der Waals surface area contributed by atoms with Crippen molar-refractivity contribution in [3.8, 4) is 17.0 Å². The van der Waals surface area contributed by atoms with Gasteiger partial charge in [0.25, 0.3) is 5.91 Å². The lowest BCUT2D eigenvalue weighted by Crippen LogP contribution is -2.58. The fourth-order valence-electron chi connectivity index (χ4n) is 5.82. The molecule has 0 unspecified atom stereocenters. The van der Waals surface area contributed by atoms with Gasteiger partial charge in [-0.25, -0.2) is 19.7 Å². The molecule has 4 aromatic rings. The number of nitrogens with zero attached hydrogens (tertiary/aromatic N) is 4. The number of aryl methyl sites for hydroxylation is 1. The lowest BCUT2D eigenvalue weighted by Gasteiger charge is -2.46. The van der Waals surface area contributed by atoms with Gasteiger partial charge < -0.3 is 20.5 Å². The Hall–Kier alpha value is -5.20. The maximum Gasteiger partial charge on any atom is 0.416 e. The minimum atomic E-state index is -4.73. The maximum absolute atomic E-state index is 14.0. The number of carboxylic acid groups (broad SMARTS) is 1. The summed E-state index contributed by atoms with van der Waals surface area (Å²) in [5.74, 6) is -0.299. The first-order valence-electron chi connectivity index (χ1n) is 14.9. The number of benzene rings is 2. The number of amides is 2. The van der Waals surface area contributed by atoms with E-state index in [1.807, 2.05) is 33.8 Å². The molecular formula is C34H35F3N6O4. The predicted molar refractivity (Wildman–Crippen MR) is 171 cm³/mol. The molecule has 0 bridgehead atoms. The van der Waals surface area contributed by atoms with E-state index in [1.165, 1.54) is 17.3 Å². The zero-order valence-electron chi connectivity index (χ0n) is 26.4. The Balaban J connectivity index is 1.40. The average Bonchev–Trinajstić information content (AvgIpc) is 3.47. The van der Waals surface area contributed by atoms with Crippen LogP contribution in [0.15, 0.2) is 73.3 Å².